The van der Waals surface area contributed by atoms with Crippen molar-refractivity contribution >= 4 is 40.1 Å². The number of nitrogens with one attached hydrogen (secondary N) is 2. The number of halogens is 5. The van der Waals surface area contributed by atoms with Gasteiger partial charge in [0.15, 0.2) is 5.69 Å². The number of rotatable bonds is 9. The number of nitrogens with zero attached hydrogens (tertiary/aromatic N) is 7. The average molecular weight is 772 g/mol. The van der Waals surface area contributed by atoms with E-state index < -0.39 is 47.5 Å². The Labute approximate surface area is 312 Å². The molecule has 1 aromatic carbocycles. The number of carbonyl (C=O) groups excluding carboxylic acids is 3. The lowest BCUT2D eigenvalue weighted by molar-refractivity contribution is -0.141. The zero-order valence-electron chi connectivity index (χ0n) is 30.4. The third-order valence-electron chi connectivity index (χ3n) is 11.3. The predicted octanol–water partition coefficient (Wildman–Crippen LogP) is 5.45. The maximum atomic E-state index is 13.9. The summed E-state index contributed by atoms with van der Waals surface area (Å²) in [7, 11) is 3.82. The first-order valence-corrected chi connectivity index (χ1v) is 18.4. The quantitative estimate of drug-likeness (QED) is 0.169. The molecule has 55 heavy (non-hydrogen) atoms. The highest BCUT2D eigenvalue weighted by atomic mass is 19.4. The van der Waals surface area contributed by atoms with Gasteiger partial charge in [0.25, 0.3) is 12.3 Å². The van der Waals surface area contributed by atoms with Crippen LogP contribution in [0.4, 0.5) is 33.3 Å². The number of amides is 3. The van der Waals surface area contributed by atoms with E-state index >= 15 is 0 Å². The fourth-order valence-electron chi connectivity index (χ4n) is 8.35. The van der Waals surface area contributed by atoms with Crippen LogP contribution in [0, 0.1) is 5.92 Å². The molecule has 4 aromatic rings. The molecule has 3 aromatic heterocycles. The average Bonchev–Trinajstić information content (AvgIpc) is 3.70. The largest absolute Gasteiger partial charge is 0.433 e. The summed E-state index contributed by atoms with van der Waals surface area (Å²) in [6, 6.07) is 7.95. The second-order valence-electron chi connectivity index (χ2n) is 14.7. The molecule has 3 amide bonds. The number of hydrogen-bond donors (Lipinski definition) is 2. The second-order valence-corrected chi connectivity index (χ2v) is 14.7. The first-order valence-electron chi connectivity index (χ1n) is 18.4. The van der Waals surface area contributed by atoms with Gasteiger partial charge in [-0.1, -0.05) is 12.1 Å². The van der Waals surface area contributed by atoms with Crippen LogP contribution in [0.5, 0.6) is 0 Å². The van der Waals surface area contributed by atoms with E-state index in [1.807, 2.05) is 18.2 Å². The molecule has 1 aliphatic carbocycles. The number of anilines is 2. The highest BCUT2D eigenvalue weighted by Gasteiger charge is 2.35. The van der Waals surface area contributed by atoms with Crippen LogP contribution in [0.15, 0.2) is 47.4 Å². The molecule has 3 fully saturated rings. The summed E-state index contributed by atoms with van der Waals surface area (Å²) in [6.45, 7) is 2.41. The van der Waals surface area contributed by atoms with Crippen molar-refractivity contribution in [3.8, 4) is 0 Å². The molecule has 0 bridgehead atoms. The van der Waals surface area contributed by atoms with E-state index in [1.54, 1.807) is 11.6 Å². The van der Waals surface area contributed by atoms with Crippen LogP contribution in [0.2, 0.25) is 0 Å². The number of imidazole rings is 1. The zero-order valence-corrected chi connectivity index (χ0v) is 30.4. The predicted molar refractivity (Wildman–Crippen MR) is 192 cm³/mol. The van der Waals surface area contributed by atoms with E-state index in [2.05, 4.69) is 37.6 Å². The Balaban J connectivity index is 0.941. The van der Waals surface area contributed by atoms with Crippen molar-refractivity contribution < 1.29 is 36.3 Å². The lowest BCUT2D eigenvalue weighted by Gasteiger charge is -2.40. The summed E-state index contributed by atoms with van der Waals surface area (Å²) in [5, 5.41) is 8.71. The third-order valence-corrected chi connectivity index (χ3v) is 11.3. The van der Waals surface area contributed by atoms with E-state index in [0.29, 0.717) is 30.3 Å². The fourth-order valence-corrected chi connectivity index (χ4v) is 8.35. The molecule has 7 rings (SSSR count). The summed E-state index contributed by atoms with van der Waals surface area (Å²) in [4.78, 5) is 58.5. The number of hydrogen-bond acceptors (Lipinski definition) is 8. The van der Waals surface area contributed by atoms with Gasteiger partial charge in [0.1, 0.15) is 17.4 Å². The number of imide groups is 1. The van der Waals surface area contributed by atoms with Crippen molar-refractivity contribution in [2.45, 2.75) is 82.1 Å². The minimum absolute atomic E-state index is 0.172. The van der Waals surface area contributed by atoms with Crippen LogP contribution in [0.25, 0.3) is 11.0 Å². The van der Waals surface area contributed by atoms with Crippen molar-refractivity contribution in [1.82, 2.24) is 34.1 Å². The minimum Gasteiger partial charge on any atom is -0.370 e. The Bertz CT molecular complexity index is 2150. The number of aromatic nitrogens is 5. The molecule has 1 saturated carbocycles. The molecule has 5 heterocycles. The molecule has 18 heteroatoms. The summed E-state index contributed by atoms with van der Waals surface area (Å²) in [6.07, 6.45) is -1.16. The van der Waals surface area contributed by atoms with E-state index in [9.17, 15) is 41.1 Å². The van der Waals surface area contributed by atoms with E-state index in [1.165, 1.54) is 15.4 Å². The molecule has 1 atom stereocenters. The van der Waals surface area contributed by atoms with Crippen LogP contribution >= 0.6 is 0 Å². The number of aryl methyl sites for hydroxylation is 1. The molecule has 2 N–H and O–H groups in total. The van der Waals surface area contributed by atoms with Crippen molar-refractivity contribution in [1.29, 1.82) is 0 Å². The third kappa shape index (κ3) is 7.73. The standard InChI is InChI=1S/C37H42F5N9O4/c1-47(22-15-17-49(18-16-22)26-6-4-7-27-32(26)48(2)36(55)51(27)28-13-14-30(52)45-35(28)54)19-21-9-11-23(12-10-21)50-20-25(31(46-50)33(38)39)44-34(53)24-5-3-8-29(43-24)37(40,41)42/h3-8,20-23,28,33H,9-19H2,1-2H3,(H,44,53)(H,45,52,54). The Morgan fingerprint density at radius 2 is 1.71 bits per heavy atom. The summed E-state index contributed by atoms with van der Waals surface area (Å²) >= 11 is 0. The molecule has 2 aliphatic heterocycles. The van der Waals surface area contributed by atoms with Gasteiger partial charge < -0.3 is 15.1 Å². The minimum atomic E-state index is -4.77. The number of pyridine rings is 1. The molecule has 3 aliphatic rings. The monoisotopic (exact) mass is 771 g/mol. The highest BCUT2D eigenvalue weighted by molar-refractivity contribution is 6.03. The van der Waals surface area contributed by atoms with Crippen molar-refractivity contribution in [3.63, 3.8) is 0 Å². The van der Waals surface area contributed by atoms with Gasteiger partial charge in [-0.05, 0) is 82.2 Å². The number of benzene rings is 1. The molecular weight excluding hydrogens is 729 g/mol. The summed E-state index contributed by atoms with van der Waals surface area (Å²) in [5.74, 6) is -1.47. The number of fused-ring (bicyclic) bond motifs is 1. The Hall–Kier alpha value is -5.13. The lowest BCUT2D eigenvalue weighted by atomic mass is 9.85. The van der Waals surface area contributed by atoms with Crippen molar-refractivity contribution in [2.24, 2.45) is 13.0 Å². The number of para-hydroxylation sites is 1. The van der Waals surface area contributed by atoms with E-state index in [4.69, 9.17) is 0 Å². The first kappa shape index (κ1) is 38.2. The van der Waals surface area contributed by atoms with Gasteiger partial charge >= 0.3 is 11.9 Å². The van der Waals surface area contributed by atoms with Gasteiger partial charge in [-0.15, -0.1) is 0 Å². The Morgan fingerprint density at radius 1 is 1.00 bits per heavy atom. The molecule has 0 radical (unpaired) electrons. The van der Waals surface area contributed by atoms with Gasteiger partial charge in [0.2, 0.25) is 11.8 Å². The van der Waals surface area contributed by atoms with E-state index in [-0.39, 0.29) is 36.2 Å². The van der Waals surface area contributed by atoms with Gasteiger partial charge in [-0.25, -0.2) is 18.6 Å². The molecular formula is C37H42F5N9O4. The first-order chi connectivity index (χ1) is 26.2. The topological polar surface area (TPSA) is 139 Å². The van der Waals surface area contributed by atoms with Gasteiger partial charge in [-0.3, -0.25) is 33.5 Å². The van der Waals surface area contributed by atoms with Crippen LogP contribution in [0.1, 0.15) is 91.8 Å². The van der Waals surface area contributed by atoms with Gasteiger partial charge in [-0.2, -0.15) is 18.3 Å². The molecule has 294 valence electrons. The van der Waals surface area contributed by atoms with Gasteiger partial charge in [0, 0.05) is 45.3 Å². The number of piperidine rings is 2. The SMILES string of the molecule is CN(CC1CCC(n2cc(NC(=O)c3cccc(C(F)(F)F)n3)c(C(F)F)n2)CC1)C1CCN(c2cccc3c2n(C)c(=O)n3C2CCC(=O)NC2=O)CC1. The fraction of sp³-hybridized carbons (Fsp3) is 0.514. The molecule has 13 nitrogen and oxygen atoms in total. The normalized spacial score (nSPS) is 21.5. The van der Waals surface area contributed by atoms with E-state index in [0.717, 1.165) is 74.7 Å². The smallest absolute Gasteiger partial charge is 0.370 e. The molecule has 1 unspecified atom stereocenters. The summed E-state index contributed by atoms with van der Waals surface area (Å²) < 4.78 is 71.7. The molecule has 2 saturated heterocycles. The van der Waals surface area contributed by atoms with Crippen LogP contribution in [-0.2, 0) is 22.8 Å². The van der Waals surface area contributed by atoms with Crippen LogP contribution < -0.4 is 21.2 Å². The Kier molecular flexibility index (Phi) is 10.5. The molecule has 0 spiro atoms. The van der Waals surface area contributed by atoms with Crippen LogP contribution in [0.3, 0.4) is 0 Å². The number of carbonyl (C=O) groups is 3. The Morgan fingerprint density at radius 3 is 2.38 bits per heavy atom. The maximum absolute atomic E-state index is 13.9. The van der Waals surface area contributed by atoms with Gasteiger partial charge in [0.05, 0.1) is 28.5 Å². The van der Waals surface area contributed by atoms with Crippen molar-refractivity contribution in [2.75, 3.05) is 36.9 Å². The van der Waals surface area contributed by atoms with Crippen molar-refractivity contribution in [3.05, 3.63) is 70.2 Å². The summed E-state index contributed by atoms with van der Waals surface area (Å²) in [5.41, 5.74) is -0.709. The van der Waals surface area contributed by atoms with Crippen LogP contribution in [-0.4, -0.2) is 79.2 Å². The number of alkyl halides is 5. The maximum Gasteiger partial charge on any atom is 0.433 e. The highest BCUT2D eigenvalue weighted by Crippen LogP contribution is 2.37. The second kappa shape index (κ2) is 15.2. The lowest BCUT2D eigenvalue weighted by Crippen LogP contribution is -2.45. The zero-order chi connectivity index (χ0) is 39.2.